The maximum absolute atomic E-state index is 12.9. The fraction of sp³-hybridized carbons (Fsp3) is 0.952. The normalized spacial score (nSPS) is 12.4. The molecule has 0 aromatic rings. The third kappa shape index (κ3) is 53.8. The molecule has 0 radical (unpaired) electrons. The topological polar surface area (TPSA) is 78.9 Å². The molecular weight excluding hydrogens is 841 g/mol. The molecule has 0 amide bonds. The van der Waals surface area contributed by atoms with Crippen LogP contribution in [-0.2, 0) is 28.6 Å². The fourth-order valence-electron chi connectivity index (χ4n) is 9.60. The summed E-state index contributed by atoms with van der Waals surface area (Å²) in [4.78, 5) is 38.1. The Morgan fingerprint density at radius 2 is 0.515 bits per heavy atom. The lowest BCUT2D eigenvalue weighted by molar-refractivity contribution is -0.167. The minimum absolute atomic E-state index is 0.0615. The van der Waals surface area contributed by atoms with Crippen molar-refractivity contribution >= 4 is 17.9 Å². The van der Waals surface area contributed by atoms with Gasteiger partial charge in [0.15, 0.2) is 6.10 Å². The van der Waals surface area contributed by atoms with Crippen molar-refractivity contribution in [1.82, 2.24) is 0 Å². The molecule has 0 aliphatic carbocycles. The molecule has 0 aliphatic rings. The second kappa shape index (κ2) is 56.3. The summed E-state index contributed by atoms with van der Waals surface area (Å²) in [6.45, 7) is 9.11. The lowest BCUT2D eigenvalue weighted by Gasteiger charge is -2.18. The van der Waals surface area contributed by atoms with Gasteiger partial charge in [0.1, 0.15) is 13.2 Å². The molecule has 0 saturated heterocycles. The van der Waals surface area contributed by atoms with Crippen molar-refractivity contribution in [2.75, 3.05) is 13.2 Å². The number of esters is 3. The van der Waals surface area contributed by atoms with Crippen LogP contribution < -0.4 is 0 Å². The first kappa shape index (κ1) is 66.4. The Balaban J connectivity index is 4.19. The van der Waals surface area contributed by atoms with E-state index < -0.39 is 6.10 Å². The molecule has 2 atom stereocenters. The van der Waals surface area contributed by atoms with Crippen molar-refractivity contribution in [3.8, 4) is 0 Å². The first-order valence-corrected chi connectivity index (χ1v) is 30.9. The van der Waals surface area contributed by atoms with Crippen molar-refractivity contribution in [2.24, 2.45) is 5.92 Å². The van der Waals surface area contributed by atoms with Crippen molar-refractivity contribution in [1.29, 1.82) is 0 Å². The Bertz CT molecular complexity index is 1030. The standard InChI is InChI=1S/C62H120O6/c1-5-8-10-12-14-16-18-19-20-21-25-29-32-35-39-43-47-51-55-62(65)68-59(56-66-60(63)53-49-45-41-37-17-15-13-11-9-6-2)57-67-61(64)54-50-46-42-38-34-31-28-26-23-22-24-27-30-33-36-40-44-48-52-58(4)7-3/h58-59H,5-57H2,1-4H3/t58?,59-/m1/s1. The van der Waals surface area contributed by atoms with Crippen LogP contribution in [0, 0.1) is 5.92 Å². The van der Waals surface area contributed by atoms with E-state index in [0.29, 0.717) is 19.3 Å². The molecule has 68 heavy (non-hydrogen) atoms. The van der Waals surface area contributed by atoms with Gasteiger partial charge < -0.3 is 14.2 Å². The first-order chi connectivity index (χ1) is 33.4. The van der Waals surface area contributed by atoms with Gasteiger partial charge in [-0.05, 0) is 25.2 Å². The summed E-state index contributed by atoms with van der Waals surface area (Å²) in [5.74, 6) is 0.0769. The summed E-state index contributed by atoms with van der Waals surface area (Å²) in [5, 5.41) is 0. The molecule has 404 valence electrons. The highest BCUT2D eigenvalue weighted by atomic mass is 16.6. The summed E-state index contributed by atoms with van der Waals surface area (Å²) in [6, 6.07) is 0. The first-order valence-electron chi connectivity index (χ1n) is 30.9. The monoisotopic (exact) mass is 961 g/mol. The molecule has 0 aromatic carbocycles. The number of hydrogen-bond donors (Lipinski definition) is 0. The van der Waals surface area contributed by atoms with Crippen LogP contribution in [0.15, 0.2) is 0 Å². The van der Waals surface area contributed by atoms with Crippen LogP contribution in [0.25, 0.3) is 0 Å². The highest BCUT2D eigenvalue weighted by molar-refractivity contribution is 5.71. The van der Waals surface area contributed by atoms with Gasteiger partial charge >= 0.3 is 17.9 Å². The van der Waals surface area contributed by atoms with Crippen molar-refractivity contribution in [2.45, 2.75) is 361 Å². The molecule has 0 bridgehead atoms. The third-order valence-corrected chi connectivity index (χ3v) is 14.7. The minimum atomic E-state index is -0.761. The lowest BCUT2D eigenvalue weighted by Crippen LogP contribution is -2.30. The lowest BCUT2D eigenvalue weighted by atomic mass is 9.99. The highest BCUT2D eigenvalue weighted by Crippen LogP contribution is 2.19. The molecule has 6 nitrogen and oxygen atoms in total. The highest BCUT2D eigenvalue weighted by Gasteiger charge is 2.19. The predicted molar refractivity (Wildman–Crippen MR) is 293 cm³/mol. The molecule has 0 N–H and O–H groups in total. The Labute approximate surface area is 425 Å². The van der Waals surface area contributed by atoms with Crippen LogP contribution in [0.1, 0.15) is 355 Å². The number of carbonyl (C=O) groups is 3. The van der Waals surface area contributed by atoms with Gasteiger partial charge in [-0.3, -0.25) is 14.4 Å². The Morgan fingerprint density at radius 3 is 0.765 bits per heavy atom. The Kier molecular flexibility index (Phi) is 55.0. The Hall–Kier alpha value is -1.59. The quantitative estimate of drug-likeness (QED) is 0.0343. The van der Waals surface area contributed by atoms with E-state index in [0.717, 1.165) is 63.7 Å². The molecule has 6 heteroatoms. The largest absolute Gasteiger partial charge is 0.462 e. The summed E-state index contributed by atoms with van der Waals surface area (Å²) in [5.41, 5.74) is 0. The number of ether oxygens (including phenoxy) is 3. The zero-order chi connectivity index (χ0) is 49.5. The van der Waals surface area contributed by atoms with Crippen molar-refractivity contribution < 1.29 is 28.6 Å². The van der Waals surface area contributed by atoms with Gasteiger partial charge in [-0.25, -0.2) is 0 Å². The molecule has 0 aliphatic heterocycles. The zero-order valence-corrected chi connectivity index (χ0v) is 46.6. The number of unbranched alkanes of at least 4 members (excludes halogenated alkanes) is 43. The summed E-state index contributed by atoms with van der Waals surface area (Å²) in [6.07, 6.45) is 62.4. The minimum Gasteiger partial charge on any atom is -0.462 e. The van der Waals surface area contributed by atoms with Crippen LogP contribution in [0.3, 0.4) is 0 Å². The number of carbonyl (C=O) groups excluding carboxylic acids is 3. The van der Waals surface area contributed by atoms with Crippen LogP contribution >= 0.6 is 0 Å². The maximum Gasteiger partial charge on any atom is 0.306 e. The average Bonchev–Trinajstić information content (AvgIpc) is 3.34. The van der Waals surface area contributed by atoms with E-state index in [1.807, 2.05) is 0 Å². The molecule has 0 aromatic heterocycles. The zero-order valence-electron chi connectivity index (χ0n) is 46.6. The van der Waals surface area contributed by atoms with E-state index in [1.54, 1.807) is 0 Å². The smallest absolute Gasteiger partial charge is 0.306 e. The molecule has 1 unspecified atom stereocenters. The SMILES string of the molecule is CCCCCCCCCCCCCCCCCCCCC(=O)O[C@H](COC(=O)CCCCCCCCCCCC)COC(=O)CCCCCCCCCCCCCCCCCCCCC(C)CC. The predicted octanol–water partition coefficient (Wildman–Crippen LogP) is 20.6. The second-order valence-electron chi connectivity index (χ2n) is 21.6. The van der Waals surface area contributed by atoms with Crippen LogP contribution in [-0.4, -0.2) is 37.2 Å². The molecule has 0 fully saturated rings. The van der Waals surface area contributed by atoms with Gasteiger partial charge in [0.25, 0.3) is 0 Å². The fourth-order valence-corrected chi connectivity index (χ4v) is 9.60. The van der Waals surface area contributed by atoms with E-state index in [-0.39, 0.29) is 31.1 Å². The van der Waals surface area contributed by atoms with Gasteiger partial charge in [-0.15, -0.1) is 0 Å². The van der Waals surface area contributed by atoms with Crippen LogP contribution in [0.4, 0.5) is 0 Å². The van der Waals surface area contributed by atoms with Crippen molar-refractivity contribution in [3.63, 3.8) is 0 Å². The van der Waals surface area contributed by atoms with Crippen molar-refractivity contribution in [3.05, 3.63) is 0 Å². The van der Waals surface area contributed by atoms with E-state index in [4.69, 9.17) is 14.2 Å². The van der Waals surface area contributed by atoms with Crippen LogP contribution in [0.2, 0.25) is 0 Å². The summed E-state index contributed by atoms with van der Waals surface area (Å²) < 4.78 is 16.9. The van der Waals surface area contributed by atoms with Gasteiger partial charge in [0.05, 0.1) is 0 Å². The van der Waals surface area contributed by atoms with Crippen LogP contribution in [0.5, 0.6) is 0 Å². The Morgan fingerprint density at radius 1 is 0.294 bits per heavy atom. The molecule has 0 spiro atoms. The van der Waals surface area contributed by atoms with Gasteiger partial charge in [0.2, 0.25) is 0 Å². The average molecular weight is 962 g/mol. The third-order valence-electron chi connectivity index (χ3n) is 14.7. The van der Waals surface area contributed by atoms with Gasteiger partial charge in [-0.2, -0.15) is 0 Å². The number of hydrogen-bond acceptors (Lipinski definition) is 6. The van der Waals surface area contributed by atoms with E-state index >= 15 is 0 Å². The molecule has 0 heterocycles. The van der Waals surface area contributed by atoms with Gasteiger partial charge in [0, 0.05) is 19.3 Å². The molecule has 0 rings (SSSR count). The summed E-state index contributed by atoms with van der Waals surface area (Å²) in [7, 11) is 0. The maximum atomic E-state index is 12.9. The summed E-state index contributed by atoms with van der Waals surface area (Å²) >= 11 is 0. The second-order valence-corrected chi connectivity index (χ2v) is 21.6. The van der Waals surface area contributed by atoms with E-state index in [2.05, 4.69) is 27.7 Å². The van der Waals surface area contributed by atoms with E-state index in [9.17, 15) is 14.4 Å². The molecular formula is C62H120O6. The van der Waals surface area contributed by atoms with E-state index in [1.165, 1.54) is 250 Å². The molecule has 0 saturated carbocycles. The number of rotatable bonds is 57. The van der Waals surface area contributed by atoms with Gasteiger partial charge in [-0.1, -0.05) is 317 Å².